The number of carbonyl (C=O) groups is 1. The van der Waals surface area contributed by atoms with E-state index in [9.17, 15) is 26.4 Å². The summed E-state index contributed by atoms with van der Waals surface area (Å²) in [7, 11) is -2.25. The number of ether oxygens (including phenoxy) is 1. The van der Waals surface area contributed by atoms with Crippen LogP contribution in [-0.4, -0.2) is 62.5 Å². The Labute approximate surface area is 175 Å². The number of rotatable bonds is 7. The topological polar surface area (TPSA) is 66.9 Å². The maximum Gasteiger partial charge on any atom is 0.406 e. The zero-order chi connectivity index (χ0) is 22.1. The molecule has 30 heavy (non-hydrogen) atoms. The molecule has 0 radical (unpaired) electrons. The molecule has 1 saturated carbocycles. The van der Waals surface area contributed by atoms with E-state index in [-0.39, 0.29) is 36.7 Å². The summed E-state index contributed by atoms with van der Waals surface area (Å²) in [6, 6.07) is 5.55. The first kappa shape index (κ1) is 22.9. The molecule has 1 aliphatic carbocycles. The van der Waals surface area contributed by atoms with Crippen LogP contribution in [0.5, 0.6) is 5.75 Å². The number of benzene rings is 1. The summed E-state index contributed by atoms with van der Waals surface area (Å²) < 4.78 is 71.1. The molecule has 1 aromatic carbocycles. The molecule has 1 atom stereocenters. The molecule has 168 valence electrons. The average molecular weight is 449 g/mol. The van der Waals surface area contributed by atoms with E-state index in [1.54, 1.807) is 19.1 Å². The molecule has 1 aromatic rings. The number of amides is 1. The van der Waals surface area contributed by atoms with Crippen molar-refractivity contribution in [3.63, 3.8) is 0 Å². The predicted octanol–water partition coefficient (Wildman–Crippen LogP) is 3.29. The molecular weight excluding hydrogens is 421 g/mol. The van der Waals surface area contributed by atoms with E-state index >= 15 is 0 Å². The smallest absolute Gasteiger partial charge is 0.406 e. The van der Waals surface area contributed by atoms with Gasteiger partial charge in [-0.05, 0) is 62.8 Å². The van der Waals surface area contributed by atoms with Crippen molar-refractivity contribution in [2.75, 3.05) is 26.7 Å². The molecule has 0 aromatic heterocycles. The number of methoxy groups -OCH3 is 1. The van der Waals surface area contributed by atoms with Crippen LogP contribution in [0.15, 0.2) is 29.2 Å². The van der Waals surface area contributed by atoms with Gasteiger partial charge in [0.05, 0.1) is 12.0 Å². The standard InChI is InChI=1S/C20H27F3N2O4S/c1-14(15-3-4-15)25(13-20(21,22)23)19(26)16-9-11-24(12-10-16)30(27,28)18-7-5-17(29-2)6-8-18/h5-8,14-16H,3-4,9-13H2,1-2H3. The number of alkyl halides is 3. The maximum atomic E-state index is 13.0. The normalized spacial score (nSPS) is 20.0. The Hall–Kier alpha value is -1.81. The van der Waals surface area contributed by atoms with Crippen molar-refractivity contribution in [1.29, 1.82) is 0 Å². The van der Waals surface area contributed by atoms with E-state index in [0.29, 0.717) is 5.75 Å². The second-order valence-corrected chi connectivity index (χ2v) is 9.95. The van der Waals surface area contributed by atoms with Gasteiger partial charge in [0.25, 0.3) is 0 Å². The first-order chi connectivity index (χ1) is 14.0. The lowest BCUT2D eigenvalue weighted by atomic mass is 9.95. The highest BCUT2D eigenvalue weighted by Gasteiger charge is 2.43. The first-order valence-electron chi connectivity index (χ1n) is 10.0. The molecule has 0 bridgehead atoms. The Morgan fingerprint density at radius 2 is 1.73 bits per heavy atom. The van der Waals surface area contributed by atoms with Crippen LogP contribution in [0.4, 0.5) is 13.2 Å². The van der Waals surface area contributed by atoms with Gasteiger partial charge in [0.15, 0.2) is 0 Å². The summed E-state index contributed by atoms with van der Waals surface area (Å²) in [6.07, 6.45) is -2.38. The summed E-state index contributed by atoms with van der Waals surface area (Å²) >= 11 is 0. The largest absolute Gasteiger partial charge is 0.497 e. The molecule has 6 nitrogen and oxygen atoms in total. The predicted molar refractivity (Wildman–Crippen MR) is 104 cm³/mol. The molecule has 3 rings (SSSR count). The number of sulfonamides is 1. The quantitative estimate of drug-likeness (QED) is 0.642. The number of hydrogen-bond donors (Lipinski definition) is 0. The zero-order valence-corrected chi connectivity index (χ0v) is 17.9. The molecule has 0 spiro atoms. The Bertz CT molecular complexity index is 846. The molecule has 1 heterocycles. The highest BCUT2D eigenvalue weighted by Crippen LogP contribution is 2.37. The highest BCUT2D eigenvalue weighted by molar-refractivity contribution is 7.89. The zero-order valence-electron chi connectivity index (χ0n) is 17.1. The SMILES string of the molecule is COc1ccc(S(=O)(=O)N2CCC(C(=O)N(CC(F)(F)F)C(C)C3CC3)CC2)cc1. The van der Waals surface area contributed by atoms with Crippen molar-refractivity contribution in [2.24, 2.45) is 11.8 Å². The Morgan fingerprint density at radius 3 is 2.20 bits per heavy atom. The van der Waals surface area contributed by atoms with Crippen molar-refractivity contribution in [3.05, 3.63) is 24.3 Å². The van der Waals surface area contributed by atoms with E-state index in [1.807, 2.05) is 0 Å². The van der Waals surface area contributed by atoms with Gasteiger partial charge >= 0.3 is 6.18 Å². The Balaban J connectivity index is 1.66. The van der Waals surface area contributed by atoms with Crippen molar-refractivity contribution in [3.8, 4) is 5.75 Å². The van der Waals surface area contributed by atoms with E-state index in [2.05, 4.69) is 0 Å². The fourth-order valence-electron chi connectivity index (χ4n) is 3.92. The van der Waals surface area contributed by atoms with E-state index < -0.39 is 40.6 Å². The lowest BCUT2D eigenvalue weighted by Crippen LogP contribution is -2.50. The van der Waals surface area contributed by atoms with Crippen LogP contribution in [-0.2, 0) is 14.8 Å². The number of halogens is 3. The first-order valence-corrected chi connectivity index (χ1v) is 11.5. The third kappa shape index (κ3) is 5.26. The fraction of sp³-hybridized carbons (Fsp3) is 0.650. The van der Waals surface area contributed by atoms with Gasteiger partial charge in [-0.2, -0.15) is 17.5 Å². The van der Waals surface area contributed by atoms with E-state index in [0.717, 1.165) is 17.7 Å². The van der Waals surface area contributed by atoms with Gasteiger partial charge in [-0.1, -0.05) is 0 Å². The molecule has 1 saturated heterocycles. The van der Waals surface area contributed by atoms with Crippen LogP contribution in [0.2, 0.25) is 0 Å². The van der Waals surface area contributed by atoms with Crippen molar-refractivity contribution in [1.82, 2.24) is 9.21 Å². The average Bonchev–Trinajstić information content (AvgIpc) is 3.56. The maximum absolute atomic E-state index is 13.0. The monoisotopic (exact) mass is 448 g/mol. The lowest BCUT2D eigenvalue weighted by Gasteiger charge is -2.36. The highest BCUT2D eigenvalue weighted by atomic mass is 32.2. The van der Waals surface area contributed by atoms with E-state index in [1.165, 1.54) is 23.5 Å². The van der Waals surface area contributed by atoms with Crippen LogP contribution in [0.1, 0.15) is 32.6 Å². The Kier molecular flexibility index (Phi) is 6.66. The molecule has 2 aliphatic rings. The van der Waals surface area contributed by atoms with Crippen LogP contribution in [0.25, 0.3) is 0 Å². The third-order valence-corrected chi connectivity index (χ3v) is 7.84. The molecule has 1 unspecified atom stereocenters. The summed E-state index contributed by atoms with van der Waals surface area (Å²) in [6.45, 7) is 0.614. The van der Waals surface area contributed by atoms with Crippen molar-refractivity contribution in [2.45, 2.75) is 49.7 Å². The van der Waals surface area contributed by atoms with Crippen LogP contribution < -0.4 is 4.74 Å². The van der Waals surface area contributed by atoms with Gasteiger partial charge in [0.1, 0.15) is 12.3 Å². The summed E-state index contributed by atoms with van der Waals surface area (Å²) in [5, 5.41) is 0. The molecule has 10 heteroatoms. The number of hydrogen-bond acceptors (Lipinski definition) is 4. The van der Waals surface area contributed by atoms with Crippen molar-refractivity contribution < 1.29 is 31.1 Å². The van der Waals surface area contributed by atoms with Gasteiger partial charge < -0.3 is 9.64 Å². The third-order valence-electron chi connectivity index (χ3n) is 5.93. The second-order valence-electron chi connectivity index (χ2n) is 8.01. The van der Waals surface area contributed by atoms with Crippen LogP contribution in [0, 0.1) is 11.8 Å². The summed E-state index contributed by atoms with van der Waals surface area (Å²) in [5.41, 5.74) is 0. The number of carbonyl (C=O) groups excluding carboxylic acids is 1. The van der Waals surface area contributed by atoms with E-state index in [4.69, 9.17) is 4.74 Å². The van der Waals surface area contributed by atoms with Gasteiger partial charge in [-0.3, -0.25) is 4.79 Å². The minimum absolute atomic E-state index is 0.0996. The lowest BCUT2D eigenvalue weighted by molar-refractivity contribution is -0.169. The number of piperidine rings is 1. The van der Waals surface area contributed by atoms with Crippen LogP contribution in [0.3, 0.4) is 0 Å². The van der Waals surface area contributed by atoms with Gasteiger partial charge in [-0.25, -0.2) is 8.42 Å². The van der Waals surface area contributed by atoms with Gasteiger partial charge in [-0.15, -0.1) is 0 Å². The van der Waals surface area contributed by atoms with Crippen molar-refractivity contribution >= 4 is 15.9 Å². The van der Waals surface area contributed by atoms with Crippen LogP contribution >= 0.6 is 0 Å². The summed E-state index contributed by atoms with van der Waals surface area (Å²) in [4.78, 5) is 14.0. The fourth-order valence-corrected chi connectivity index (χ4v) is 5.39. The minimum Gasteiger partial charge on any atom is -0.497 e. The molecule has 1 amide bonds. The van der Waals surface area contributed by atoms with Gasteiger partial charge in [0, 0.05) is 25.0 Å². The molecule has 2 fully saturated rings. The molecule has 1 aliphatic heterocycles. The Morgan fingerprint density at radius 1 is 1.17 bits per heavy atom. The minimum atomic E-state index is -4.46. The van der Waals surface area contributed by atoms with Gasteiger partial charge in [0.2, 0.25) is 15.9 Å². The summed E-state index contributed by atoms with van der Waals surface area (Å²) in [5.74, 6) is -0.469. The molecule has 0 N–H and O–H groups in total. The number of nitrogens with zero attached hydrogens (tertiary/aromatic N) is 2. The molecular formula is C20H27F3N2O4S. The second kappa shape index (κ2) is 8.74.